The van der Waals surface area contributed by atoms with Gasteiger partial charge < -0.3 is 19.2 Å². The van der Waals surface area contributed by atoms with Crippen LogP contribution in [0, 0.1) is 11.8 Å². The summed E-state index contributed by atoms with van der Waals surface area (Å²) in [5, 5.41) is 3.46. The van der Waals surface area contributed by atoms with E-state index >= 15 is 0 Å². The van der Waals surface area contributed by atoms with Crippen molar-refractivity contribution in [1.82, 2.24) is 5.32 Å². The van der Waals surface area contributed by atoms with Crippen molar-refractivity contribution < 1.29 is 23.5 Å². The molecular weight excluding hydrogens is 362 g/mol. The normalized spacial score (nSPS) is 21.9. The third-order valence-electron chi connectivity index (χ3n) is 5.55. The summed E-state index contributed by atoms with van der Waals surface area (Å²) in [5.74, 6) is 0.0475. The van der Waals surface area contributed by atoms with E-state index in [2.05, 4.69) is 19.2 Å². The lowest BCUT2D eigenvalue weighted by molar-refractivity contribution is -0.125. The van der Waals surface area contributed by atoms with Crippen LogP contribution in [0.25, 0.3) is 11.0 Å². The van der Waals surface area contributed by atoms with Crippen LogP contribution in [0.5, 0.6) is 5.75 Å². The largest absolute Gasteiger partial charge is 0.493 e. The van der Waals surface area contributed by atoms with Gasteiger partial charge in [-0.3, -0.25) is 4.79 Å². The van der Waals surface area contributed by atoms with Crippen LogP contribution in [0.2, 0.25) is 0 Å². The molecule has 1 aliphatic carbocycles. The molecule has 1 aliphatic rings. The summed E-state index contributed by atoms with van der Waals surface area (Å²) in [5.41, 5.74) is -0.838. The molecule has 0 bridgehead atoms. The molecule has 0 spiro atoms. The summed E-state index contributed by atoms with van der Waals surface area (Å²) in [6.45, 7) is 3.86. The molecule has 0 unspecified atom stereocenters. The van der Waals surface area contributed by atoms with Crippen molar-refractivity contribution in [2.24, 2.45) is 11.8 Å². The fourth-order valence-corrected chi connectivity index (χ4v) is 3.66. The molecular formula is C21H25NO6. The highest BCUT2D eigenvalue weighted by molar-refractivity contribution is 5.95. The Bertz CT molecular complexity index is 934. The number of amides is 1. The number of benzene rings is 1. The van der Waals surface area contributed by atoms with Gasteiger partial charge in [0.05, 0.1) is 7.11 Å². The molecule has 3 rings (SSSR count). The summed E-state index contributed by atoms with van der Waals surface area (Å²) in [6.07, 6.45) is 3.14. The van der Waals surface area contributed by atoms with Gasteiger partial charge in [0.1, 0.15) is 5.56 Å². The summed E-state index contributed by atoms with van der Waals surface area (Å²) in [6, 6.07) is 6.52. The standard InChI is InChI=1S/C21H25NO6/c1-12-6-4-8-16(13(12)2)22-18(23)11-27-20(24)15-10-14-7-5-9-17(26-3)19(14)28-21(15)25/h5,7,9-10,12-13,16H,4,6,8,11H2,1-3H3,(H,22,23)/t12-,13-,16+/m1/s1. The van der Waals surface area contributed by atoms with Gasteiger partial charge in [-0.25, -0.2) is 9.59 Å². The van der Waals surface area contributed by atoms with E-state index in [1.165, 1.54) is 13.2 Å². The first-order chi connectivity index (χ1) is 13.4. The highest BCUT2D eigenvalue weighted by atomic mass is 16.5. The molecule has 1 N–H and O–H groups in total. The summed E-state index contributed by atoms with van der Waals surface area (Å²) in [7, 11) is 1.46. The number of esters is 1. The van der Waals surface area contributed by atoms with Crippen LogP contribution in [-0.4, -0.2) is 31.6 Å². The Balaban J connectivity index is 1.65. The van der Waals surface area contributed by atoms with Gasteiger partial charge in [-0.05, 0) is 30.4 Å². The number of ether oxygens (including phenoxy) is 2. The number of rotatable bonds is 5. The lowest BCUT2D eigenvalue weighted by atomic mass is 9.78. The second kappa shape index (κ2) is 8.46. The molecule has 0 saturated heterocycles. The number of fused-ring (bicyclic) bond motifs is 1. The van der Waals surface area contributed by atoms with Crippen LogP contribution in [0.4, 0.5) is 0 Å². The van der Waals surface area contributed by atoms with Crippen LogP contribution < -0.4 is 15.7 Å². The Hall–Kier alpha value is -2.83. The van der Waals surface area contributed by atoms with E-state index in [9.17, 15) is 14.4 Å². The summed E-state index contributed by atoms with van der Waals surface area (Å²) in [4.78, 5) is 36.6. The molecule has 0 aliphatic heterocycles. The van der Waals surface area contributed by atoms with Crippen molar-refractivity contribution in [3.05, 3.63) is 40.2 Å². The second-order valence-corrected chi connectivity index (χ2v) is 7.34. The fraction of sp³-hybridized carbons (Fsp3) is 0.476. The molecule has 1 aromatic carbocycles. The van der Waals surface area contributed by atoms with E-state index in [0.29, 0.717) is 23.0 Å². The molecule has 1 heterocycles. The highest BCUT2D eigenvalue weighted by Gasteiger charge is 2.28. The minimum atomic E-state index is -0.890. The van der Waals surface area contributed by atoms with Crippen LogP contribution in [0.15, 0.2) is 33.5 Å². The van der Waals surface area contributed by atoms with E-state index in [1.807, 2.05) is 0 Å². The average Bonchev–Trinajstić information content (AvgIpc) is 2.68. The predicted molar refractivity (Wildman–Crippen MR) is 103 cm³/mol. The maximum Gasteiger partial charge on any atom is 0.351 e. The molecule has 1 fully saturated rings. The second-order valence-electron chi connectivity index (χ2n) is 7.34. The highest BCUT2D eigenvalue weighted by Crippen LogP contribution is 2.29. The van der Waals surface area contributed by atoms with Gasteiger partial charge in [-0.2, -0.15) is 0 Å². The first-order valence-electron chi connectivity index (χ1n) is 9.48. The van der Waals surface area contributed by atoms with Crippen molar-refractivity contribution in [3.63, 3.8) is 0 Å². The van der Waals surface area contributed by atoms with Gasteiger partial charge >= 0.3 is 11.6 Å². The molecule has 7 nitrogen and oxygen atoms in total. The maximum absolute atomic E-state index is 12.3. The van der Waals surface area contributed by atoms with Crippen molar-refractivity contribution in [3.8, 4) is 5.75 Å². The topological polar surface area (TPSA) is 94.8 Å². The number of carbonyl (C=O) groups excluding carboxylic acids is 2. The number of hydrogen-bond donors (Lipinski definition) is 1. The molecule has 2 aromatic rings. The summed E-state index contributed by atoms with van der Waals surface area (Å²) < 4.78 is 15.4. The Kier molecular flexibility index (Phi) is 6.02. The Labute approximate surface area is 163 Å². The van der Waals surface area contributed by atoms with Crippen LogP contribution in [-0.2, 0) is 9.53 Å². The van der Waals surface area contributed by atoms with Gasteiger partial charge in [0.2, 0.25) is 0 Å². The third-order valence-corrected chi connectivity index (χ3v) is 5.55. The number of carbonyl (C=O) groups is 2. The number of para-hydroxylation sites is 1. The number of nitrogens with one attached hydrogen (secondary N) is 1. The van der Waals surface area contributed by atoms with Gasteiger partial charge in [0.15, 0.2) is 17.9 Å². The van der Waals surface area contributed by atoms with E-state index in [4.69, 9.17) is 13.9 Å². The van der Waals surface area contributed by atoms with Gasteiger partial charge in [0, 0.05) is 11.4 Å². The molecule has 1 amide bonds. The Morgan fingerprint density at radius 1 is 1.25 bits per heavy atom. The minimum Gasteiger partial charge on any atom is -0.493 e. The Morgan fingerprint density at radius 3 is 2.79 bits per heavy atom. The number of hydrogen-bond acceptors (Lipinski definition) is 6. The monoisotopic (exact) mass is 387 g/mol. The molecule has 28 heavy (non-hydrogen) atoms. The summed E-state index contributed by atoms with van der Waals surface area (Å²) >= 11 is 0. The lowest BCUT2D eigenvalue weighted by Crippen LogP contribution is -2.45. The van der Waals surface area contributed by atoms with E-state index in [0.717, 1.165) is 19.3 Å². The van der Waals surface area contributed by atoms with E-state index in [1.54, 1.807) is 18.2 Å². The van der Waals surface area contributed by atoms with Crippen molar-refractivity contribution in [2.75, 3.05) is 13.7 Å². The fourth-order valence-electron chi connectivity index (χ4n) is 3.66. The predicted octanol–water partition coefficient (Wildman–Crippen LogP) is 2.90. The first kappa shape index (κ1) is 19.9. The maximum atomic E-state index is 12.3. The molecule has 7 heteroatoms. The first-order valence-corrected chi connectivity index (χ1v) is 9.48. The molecule has 1 aromatic heterocycles. The van der Waals surface area contributed by atoms with E-state index in [-0.39, 0.29) is 23.1 Å². The average molecular weight is 387 g/mol. The molecule has 0 radical (unpaired) electrons. The molecule has 1 saturated carbocycles. The lowest BCUT2D eigenvalue weighted by Gasteiger charge is -2.34. The van der Waals surface area contributed by atoms with Crippen LogP contribution in [0.1, 0.15) is 43.5 Å². The van der Waals surface area contributed by atoms with Crippen LogP contribution >= 0.6 is 0 Å². The quantitative estimate of drug-likeness (QED) is 0.626. The van der Waals surface area contributed by atoms with E-state index < -0.39 is 18.2 Å². The smallest absolute Gasteiger partial charge is 0.351 e. The van der Waals surface area contributed by atoms with Crippen LogP contribution in [0.3, 0.4) is 0 Å². The number of methoxy groups -OCH3 is 1. The van der Waals surface area contributed by atoms with Gasteiger partial charge in [-0.1, -0.05) is 38.8 Å². The molecule has 3 atom stereocenters. The van der Waals surface area contributed by atoms with Crippen molar-refractivity contribution in [1.29, 1.82) is 0 Å². The van der Waals surface area contributed by atoms with Gasteiger partial charge in [-0.15, -0.1) is 0 Å². The zero-order valence-electron chi connectivity index (χ0n) is 16.3. The van der Waals surface area contributed by atoms with Crippen molar-refractivity contribution in [2.45, 2.75) is 39.2 Å². The minimum absolute atomic E-state index is 0.0770. The molecule has 150 valence electrons. The third kappa shape index (κ3) is 4.18. The van der Waals surface area contributed by atoms with Gasteiger partial charge in [0.25, 0.3) is 5.91 Å². The SMILES string of the molecule is COc1cccc2cc(C(=O)OCC(=O)N[C@H]3CCC[C@@H](C)[C@H]3C)c(=O)oc12. The van der Waals surface area contributed by atoms with Crippen molar-refractivity contribution >= 4 is 22.8 Å². The zero-order valence-corrected chi connectivity index (χ0v) is 16.3. The zero-order chi connectivity index (χ0) is 20.3. The Morgan fingerprint density at radius 2 is 2.04 bits per heavy atom.